The van der Waals surface area contributed by atoms with Gasteiger partial charge < -0.3 is 15.4 Å². The number of fused-ring (bicyclic) bond motifs is 1. The highest BCUT2D eigenvalue weighted by molar-refractivity contribution is 5.75. The Labute approximate surface area is 204 Å². The van der Waals surface area contributed by atoms with Gasteiger partial charge in [-0.15, -0.1) is 0 Å². The molecule has 1 atom stereocenters. The first kappa shape index (κ1) is 23.7. The first-order valence-corrected chi connectivity index (χ1v) is 12.1. The zero-order valence-electron chi connectivity index (χ0n) is 19.9. The zero-order valence-corrected chi connectivity index (χ0v) is 19.9. The molecule has 2 aliphatic rings. The first-order chi connectivity index (χ1) is 17.0. The number of hydroxylamine groups is 1. The normalized spacial score (nSPS) is 20.5. The van der Waals surface area contributed by atoms with E-state index >= 15 is 0 Å². The van der Waals surface area contributed by atoms with E-state index in [4.69, 9.17) is 4.98 Å². The van der Waals surface area contributed by atoms with Crippen molar-refractivity contribution in [3.05, 3.63) is 70.4 Å². The predicted molar refractivity (Wildman–Crippen MR) is 134 cm³/mol. The minimum absolute atomic E-state index is 0.0132. The first-order valence-electron chi connectivity index (χ1n) is 12.1. The van der Waals surface area contributed by atoms with Crippen molar-refractivity contribution < 1.29 is 8.78 Å². The summed E-state index contributed by atoms with van der Waals surface area (Å²) in [6.45, 7) is 5.72. The maximum absolute atomic E-state index is 14.8. The molecule has 1 unspecified atom stereocenters. The van der Waals surface area contributed by atoms with E-state index < -0.39 is 10.5 Å². The van der Waals surface area contributed by atoms with Gasteiger partial charge in [-0.3, -0.25) is 9.96 Å². The number of rotatable bonds is 6. The van der Waals surface area contributed by atoms with Crippen molar-refractivity contribution >= 4 is 17.5 Å². The number of aryl methyl sites for hydroxylation is 1. The number of piperidine rings is 1. The number of nitrogens with zero attached hydrogens (tertiary/aromatic N) is 4. The molecule has 1 aromatic heterocycles. The van der Waals surface area contributed by atoms with E-state index in [0.29, 0.717) is 41.4 Å². The molecule has 3 heterocycles. The molecule has 0 radical (unpaired) electrons. The second-order valence-corrected chi connectivity index (χ2v) is 9.26. The van der Waals surface area contributed by atoms with Crippen LogP contribution in [0, 0.1) is 23.8 Å². The third-order valence-corrected chi connectivity index (χ3v) is 6.81. The van der Waals surface area contributed by atoms with Crippen molar-refractivity contribution in [2.24, 2.45) is 0 Å². The molecule has 2 aromatic carbocycles. The summed E-state index contributed by atoms with van der Waals surface area (Å²) in [5.41, 5.74) is 2.54. The number of likely N-dealkylation sites (tertiary alicyclic amines) is 1. The van der Waals surface area contributed by atoms with Gasteiger partial charge in [0, 0.05) is 31.3 Å². The molecule has 1 fully saturated rings. The second-order valence-electron chi connectivity index (χ2n) is 9.26. The van der Waals surface area contributed by atoms with Crippen molar-refractivity contribution in [1.82, 2.24) is 24.8 Å². The molecule has 2 N–H and O–H groups in total. The molecule has 7 nitrogen and oxygen atoms in total. The molecule has 0 amide bonds. The van der Waals surface area contributed by atoms with Crippen LogP contribution in [0.1, 0.15) is 30.4 Å². The Morgan fingerprint density at radius 3 is 2.66 bits per heavy atom. The molecule has 0 bridgehead atoms. The van der Waals surface area contributed by atoms with Crippen LogP contribution in [-0.4, -0.2) is 47.7 Å². The van der Waals surface area contributed by atoms with Gasteiger partial charge in [0.05, 0.1) is 11.3 Å². The van der Waals surface area contributed by atoms with Crippen LogP contribution in [0.4, 0.5) is 26.2 Å². The van der Waals surface area contributed by atoms with Gasteiger partial charge >= 0.3 is 0 Å². The summed E-state index contributed by atoms with van der Waals surface area (Å²) in [5, 5.41) is 20.6. The predicted octanol–water partition coefficient (Wildman–Crippen LogP) is 4.83. The lowest BCUT2D eigenvalue weighted by Gasteiger charge is -2.44. The van der Waals surface area contributed by atoms with Gasteiger partial charge in [0.2, 0.25) is 11.8 Å². The lowest BCUT2D eigenvalue weighted by Crippen LogP contribution is -2.50. The number of hydrogen-bond acceptors (Lipinski definition) is 6. The molecule has 5 rings (SSSR count). The number of hydrogen-bond donors (Lipinski definition) is 2. The average molecular weight is 481 g/mol. The van der Waals surface area contributed by atoms with Crippen molar-refractivity contribution in [2.75, 3.05) is 38.2 Å². The summed E-state index contributed by atoms with van der Waals surface area (Å²) in [6.07, 6.45) is 3.68. The standard InChI is InChI=1S/C26H30F2N6O/c1-18-15-19(27)9-10-20(18)24-21-16-29-17-34(35,23-8-4-3-7-22(23)28)25(21)32-26(31-24)30-11-14-33-12-5-2-6-13-33/h3-4,7-10,15,29H,2,5-6,11-14,16-17H2,1H3,(H,30,31,32). The molecule has 2 aliphatic heterocycles. The molecule has 184 valence electrons. The van der Waals surface area contributed by atoms with E-state index in [1.54, 1.807) is 18.2 Å². The number of halogens is 2. The Hall–Kier alpha value is -2.98. The summed E-state index contributed by atoms with van der Waals surface area (Å²) in [4.78, 5) is 11.8. The Morgan fingerprint density at radius 1 is 1.09 bits per heavy atom. The van der Waals surface area contributed by atoms with E-state index in [1.165, 1.54) is 43.5 Å². The molecule has 0 aliphatic carbocycles. The Balaban J connectivity index is 1.57. The van der Waals surface area contributed by atoms with Crippen molar-refractivity contribution in [1.29, 1.82) is 0 Å². The van der Waals surface area contributed by atoms with Gasteiger partial charge in [0.25, 0.3) is 0 Å². The van der Waals surface area contributed by atoms with E-state index in [2.05, 4.69) is 20.5 Å². The second kappa shape index (κ2) is 9.94. The van der Waals surface area contributed by atoms with E-state index in [9.17, 15) is 14.0 Å². The average Bonchev–Trinajstić information content (AvgIpc) is 2.85. The van der Waals surface area contributed by atoms with Gasteiger partial charge in [-0.05, 0) is 62.7 Å². The summed E-state index contributed by atoms with van der Waals surface area (Å²) in [7, 11) is 0. The molecule has 9 heteroatoms. The highest BCUT2D eigenvalue weighted by atomic mass is 19.1. The van der Waals surface area contributed by atoms with Crippen LogP contribution in [0.2, 0.25) is 0 Å². The summed E-state index contributed by atoms with van der Waals surface area (Å²) in [6, 6.07) is 10.5. The van der Waals surface area contributed by atoms with Crippen LogP contribution in [-0.2, 0) is 6.54 Å². The molecular formula is C26H30F2N6O. The topological polar surface area (TPSA) is 76.1 Å². The maximum atomic E-state index is 14.8. The monoisotopic (exact) mass is 480 g/mol. The fourth-order valence-corrected chi connectivity index (χ4v) is 4.99. The molecule has 3 aromatic rings. The van der Waals surface area contributed by atoms with Crippen LogP contribution < -0.4 is 15.3 Å². The lowest BCUT2D eigenvalue weighted by molar-refractivity contribution is 0.237. The summed E-state index contributed by atoms with van der Waals surface area (Å²) >= 11 is 0. The SMILES string of the molecule is Cc1cc(F)ccc1-c1nc(NCCN2CCCCC2)nc2c1CNC[N+]2([O-])c1ccccc1F. The molecular weight excluding hydrogens is 450 g/mol. The highest BCUT2D eigenvalue weighted by Crippen LogP contribution is 2.42. The fourth-order valence-electron chi connectivity index (χ4n) is 4.99. The minimum atomic E-state index is -1.08. The van der Waals surface area contributed by atoms with E-state index in [-0.39, 0.29) is 24.0 Å². The maximum Gasteiger partial charge on any atom is 0.243 e. The molecule has 0 spiro atoms. The van der Waals surface area contributed by atoms with Crippen molar-refractivity contribution in [3.63, 3.8) is 0 Å². The molecule has 0 saturated carbocycles. The third-order valence-electron chi connectivity index (χ3n) is 6.81. The van der Waals surface area contributed by atoms with Crippen molar-refractivity contribution in [3.8, 4) is 11.3 Å². The minimum Gasteiger partial charge on any atom is -0.620 e. The number of quaternary nitrogens is 1. The van der Waals surface area contributed by atoms with Crippen LogP contribution in [0.15, 0.2) is 42.5 Å². The quantitative estimate of drug-likeness (QED) is 0.389. The van der Waals surface area contributed by atoms with Gasteiger partial charge in [-0.25, -0.2) is 13.8 Å². The number of para-hydroxylation sites is 1. The summed E-state index contributed by atoms with van der Waals surface area (Å²) < 4.78 is 27.6. The summed E-state index contributed by atoms with van der Waals surface area (Å²) in [5.74, 6) is -0.415. The van der Waals surface area contributed by atoms with Crippen LogP contribution >= 0.6 is 0 Å². The van der Waals surface area contributed by atoms with Gasteiger partial charge in [-0.2, -0.15) is 4.98 Å². The zero-order chi connectivity index (χ0) is 24.4. The van der Waals surface area contributed by atoms with Gasteiger partial charge in [-0.1, -0.05) is 18.6 Å². The smallest absolute Gasteiger partial charge is 0.243 e. The lowest BCUT2D eigenvalue weighted by atomic mass is 10.00. The van der Waals surface area contributed by atoms with Crippen molar-refractivity contribution in [2.45, 2.75) is 32.7 Å². The van der Waals surface area contributed by atoms with E-state index in [1.807, 2.05) is 6.92 Å². The highest BCUT2D eigenvalue weighted by Gasteiger charge is 2.37. The van der Waals surface area contributed by atoms with E-state index in [0.717, 1.165) is 19.6 Å². The third kappa shape index (κ3) is 4.77. The van der Waals surface area contributed by atoms with Gasteiger partial charge in [0.15, 0.2) is 11.5 Å². The van der Waals surface area contributed by atoms with Gasteiger partial charge in [0.1, 0.15) is 12.5 Å². The Morgan fingerprint density at radius 2 is 1.89 bits per heavy atom. The van der Waals surface area contributed by atoms with Crippen LogP contribution in [0.3, 0.4) is 0 Å². The Kier molecular flexibility index (Phi) is 6.75. The van der Waals surface area contributed by atoms with Crippen LogP contribution in [0.25, 0.3) is 11.3 Å². The number of anilines is 1. The molecule has 1 saturated heterocycles. The number of nitrogens with one attached hydrogen (secondary N) is 2. The van der Waals surface area contributed by atoms with Crippen LogP contribution in [0.5, 0.6) is 0 Å². The number of benzene rings is 2. The number of aromatic nitrogens is 2. The largest absolute Gasteiger partial charge is 0.620 e. The molecule has 35 heavy (non-hydrogen) atoms. The Bertz CT molecular complexity index is 1220. The fraction of sp³-hybridized carbons (Fsp3) is 0.385.